The van der Waals surface area contributed by atoms with Gasteiger partial charge in [-0.15, -0.1) is 0 Å². The maximum atomic E-state index is 12.3. The molecule has 0 amide bonds. The van der Waals surface area contributed by atoms with Gasteiger partial charge in [-0.3, -0.25) is 0 Å². The van der Waals surface area contributed by atoms with Crippen molar-refractivity contribution in [2.24, 2.45) is 5.92 Å². The van der Waals surface area contributed by atoms with Crippen molar-refractivity contribution >= 4 is 15.7 Å². The first-order valence-corrected chi connectivity index (χ1v) is 10.2. The molecule has 1 saturated carbocycles. The van der Waals surface area contributed by atoms with E-state index in [1.165, 1.54) is 0 Å². The summed E-state index contributed by atoms with van der Waals surface area (Å²) in [5, 5.41) is 0. The summed E-state index contributed by atoms with van der Waals surface area (Å²) in [4.78, 5) is 2.59. The molecule has 2 aliphatic heterocycles. The van der Waals surface area contributed by atoms with Crippen LogP contribution in [-0.4, -0.2) is 47.1 Å². The predicted molar refractivity (Wildman–Crippen MR) is 90.4 cm³/mol. The zero-order valence-electron chi connectivity index (χ0n) is 13.7. The van der Waals surface area contributed by atoms with E-state index in [-0.39, 0.29) is 5.79 Å². The Labute approximate surface area is 143 Å². The molecule has 0 bridgehead atoms. The molecule has 4 rings (SSSR count). The second-order valence-corrected chi connectivity index (χ2v) is 8.65. The molecule has 0 radical (unpaired) electrons. The van der Waals surface area contributed by atoms with Crippen molar-refractivity contribution in [3.63, 3.8) is 0 Å². The number of nitrogens with one attached hydrogen (secondary N) is 1. The summed E-state index contributed by atoms with van der Waals surface area (Å²) >= 11 is 0. The van der Waals surface area contributed by atoms with Crippen LogP contribution in [-0.2, 0) is 19.5 Å². The Morgan fingerprint density at radius 1 is 1.08 bits per heavy atom. The van der Waals surface area contributed by atoms with Gasteiger partial charge in [-0.2, -0.15) is 0 Å². The zero-order valence-corrected chi connectivity index (χ0v) is 14.6. The predicted octanol–water partition coefficient (Wildman–Crippen LogP) is 1.72. The Hall–Kier alpha value is -1.15. The molecule has 0 atom stereocenters. The lowest BCUT2D eigenvalue weighted by molar-refractivity contribution is -0.169. The fraction of sp³-hybridized carbons (Fsp3) is 0.647. The lowest BCUT2D eigenvalue weighted by atomic mass is 10.0. The normalized spacial score (nSPS) is 23.8. The van der Waals surface area contributed by atoms with E-state index in [9.17, 15) is 8.42 Å². The van der Waals surface area contributed by atoms with Gasteiger partial charge in [0.15, 0.2) is 5.79 Å². The van der Waals surface area contributed by atoms with E-state index in [1.807, 2.05) is 12.1 Å². The van der Waals surface area contributed by atoms with E-state index in [4.69, 9.17) is 9.47 Å². The van der Waals surface area contributed by atoms with E-state index in [2.05, 4.69) is 9.62 Å². The van der Waals surface area contributed by atoms with Crippen LogP contribution in [0.5, 0.6) is 0 Å². The molecule has 1 N–H and O–H groups in total. The van der Waals surface area contributed by atoms with Crippen LogP contribution in [0.25, 0.3) is 0 Å². The van der Waals surface area contributed by atoms with Gasteiger partial charge in [0, 0.05) is 38.2 Å². The van der Waals surface area contributed by atoms with E-state index >= 15 is 0 Å². The molecule has 24 heavy (non-hydrogen) atoms. The number of nitrogens with zero attached hydrogens (tertiary/aromatic N) is 1. The van der Waals surface area contributed by atoms with E-state index in [0.29, 0.717) is 30.6 Å². The molecule has 2 heterocycles. The molecule has 1 aromatic carbocycles. The van der Waals surface area contributed by atoms with Gasteiger partial charge in [0.05, 0.1) is 18.1 Å². The quantitative estimate of drug-likeness (QED) is 0.874. The Morgan fingerprint density at radius 3 is 2.29 bits per heavy atom. The van der Waals surface area contributed by atoms with Crippen molar-refractivity contribution in [2.75, 3.05) is 37.7 Å². The first-order chi connectivity index (χ1) is 11.6. The molecule has 0 unspecified atom stereocenters. The van der Waals surface area contributed by atoms with Crippen LogP contribution in [0, 0.1) is 5.92 Å². The summed E-state index contributed by atoms with van der Waals surface area (Å²) in [6.07, 6.45) is 3.95. The number of piperidine rings is 1. The molecule has 3 fully saturated rings. The van der Waals surface area contributed by atoms with Crippen molar-refractivity contribution in [3.05, 3.63) is 24.3 Å². The van der Waals surface area contributed by atoms with Gasteiger partial charge < -0.3 is 14.4 Å². The standard InChI is InChI=1S/C17H24N2O4S/c20-24(21,18-13-14-1-2-14)16-5-3-15(4-6-16)19-9-7-17(8-10-19)22-11-12-23-17/h3-6,14,18H,1-2,7-13H2. The molecule has 1 aliphatic carbocycles. The first kappa shape index (κ1) is 16.3. The van der Waals surface area contributed by atoms with Crippen LogP contribution in [0.4, 0.5) is 5.69 Å². The molecular weight excluding hydrogens is 328 g/mol. The molecule has 3 aliphatic rings. The second-order valence-electron chi connectivity index (χ2n) is 6.88. The van der Waals surface area contributed by atoms with Gasteiger partial charge >= 0.3 is 0 Å². The van der Waals surface area contributed by atoms with Crippen LogP contribution in [0.15, 0.2) is 29.2 Å². The molecule has 2 saturated heterocycles. The number of anilines is 1. The maximum absolute atomic E-state index is 12.3. The highest BCUT2D eigenvalue weighted by atomic mass is 32.2. The number of hydrogen-bond donors (Lipinski definition) is 1. The molecule has 6 nitrogen and oxygen atoms in total. The maximum Gasteiger partial charge on any atom is 0.240 e. The molecule has 1 aromatic rings. The van der Waals surface area contributed by atoms with Gasteiger partial charge in [-0.05, 0) is 43.0 Å². The topological polar surface area (TPSA) is 67.9 Å². The minimum atomic E-state index is -3.39. The van der Waals surface area contributed by atoms with Crippen molar-refractivity contribution in [1.29, 1.82) is 0 Å². The first-order valence-electron chi connectivity index (χ1n) is 8.69. The third-order valence-electron chi connectivity index (χ3n) is 5.11. The number of benzene rings is 1. The Kier molecular flexibility index (Phi) is 4.28. The van der Waals surface area contributed by atoms with Crippen molar-refractivity contribution < 1.29 is 17.9 Å². The number of hydrogen-bond acceptors (Lipinski definition) is 5. The highest BCUT2D eigenvalue weighted by molar-refractivity contribution is 7.89. The van der Waals surface area contributed by atoms with E-state index in [0.717, 1.165) is 44.5 Å². The van der Waals surface area contributed by atoms with Crippen LogP contribution in [0.1, 0.15) is 25.7 Å². The number of ether oxygens (including phenoxy) is 2. The van der Waals surface area contributed by atoms with Crippen molar-refractivity contribution in [2.45, 2.75) is 36.4 Å². The summed E-state index contributed by atoms with van der Waals surface area (Å²) in [5.74, 6) is 0.145. The smallest absolute Gasteiger partial charge is 0.240 e. The largest absolute Gasteiger partial charge is 0.371 e. The second kappa shape index (κ2) is 6.29. The van der Waals surface area contributed by atoms with Crippen LogP contribution in [0.2, 0.25) is 0 Å². The highest BCUT2D eigenvalue weighted by Gasteiger charge is 2.39. The SMILES string of the molecule is O=S(=O)(NCC1CC1)c1ccc(N2CCC3(CC2)OCCO3)cc1. The van der Waals surface area contributed by atoms with E-state index < -0.39 is 10.0 Å². The fourth-order valence-corrected chi connectivity index (χ4v) is 4.48. The van der Waals surface area contributed by atoms with Gasteiger partial charge in [-0.1, -0.05) is 0 Å². The summed E-state index contributed by atoms with van der Waals surface area (Å²) in [7, 11) is -3.39. The fourth-order valence-electron chi connectivity index (χ4n) is 3.36. The van der Waals surface area contributed by atoms with E-state index in [1.54, 1.807) is 12.1 Å². The average Bonchev–Trinajstić information content (AvgIpc) is 3.34. The van der Waals surface area contributed by atoms with Crippen molar-refractivity contribution in [3.8, 4) is 0 Å². The molecule has 0 aromatic heterocycles. The monoisotopic (exact) mass is 352 g/mol. The molecule has 1 spiro atoms. The van der Waals surface area contributed by atoms with Gasteiger partial charge in [-0.25, -0.2) is 13.1 Å². The zero-order chi connectivity index (χ0) is 16.6. The Morgan fingerprint density at radius 2 is 1.71 bits per heavy atom. The summed E-state index contributed by atoms with van der Waals surface area (Å²) in [6, 6.07) is 7.16. The third-order valence-corrected chi connectivity index (χ3v) is 6.55. The summed E-state index contributed by atoms with van der Waals surface area (Å²) in [5.41, 5.74) is 1.05. The van der Waals surface area contributed by atoms with Crippen LogP contribution >= 0.6 is 0 Å². The van der Waals surface area contributed by atoms with Gasteiger partial charge in [0.1, 0.15) is 0 Å². The average molecular weight is 352 g/mol. The molecular formula is C17H24N2O4S. The minimum Gasteiger partial charge on any atom is -0.371 e. The lowest BCUT2D eigenvalue weighted by Gasteiger charge is -2.38. The summed E-state index contributed by atoms with van der Waals surface area (Å²) < 4.78 is 38.7. The highest BCUT2D eigenvalue weighted by Crippen LogP contribution is 2.33. The lowest BCUT2D eigenvalue weighted by Crippen LogP contribution is -2.45. The Bertz CT molecular complexity index is 669. The van der Waals surface area contributed by atoms with Gasteiger partial charge in [0.2, 0.25) is 10.0 Å². The molecule has 7 heteroatoms. The Balaban J connectivity index is 1.38. The minimum absolute atomic E-state index is 0.336. The number of rotatable bonds is 5. The number of sulfonamides is 1. The van der Waals surface area contributed by atoms with Crippen LogP contribution < -0.4 is 9.62 Å². The van der Waals surface area contributed by atoms with Gasteiger partial charge in [0.25, 0.3) is 0 Å². The molecule has 132 valence electrons. The van der Waals surface area contributed by atoms with Crippen molar-refractivity contribution in [1.82, 2.24) is 4.72 Å². The summed E-state index contributed by atoms with van der Waals surface area (Å²) in [6.45, 7) is 3.62. The van der Waals surface area contributed by atoms with Crippen LogP contribution in [0.3, 0.4) is 0 Å². The third kappa shape index (κ3) is 3.44.